The zero-order valence-electron chi connectivity index (χ0n) is 6.34. The molecule has 0 rings (SSSR count). The Labute approximate surface area is 56.0 Å². The van der Waals surface area contributed by atoms with Gasteiger partial charge in [0.2, 0.25) is 0 Å². The maximum Gasteiger partial charge on any atom is 0.139 e. The lowest BCUT2D eigenvalue weighted by atomic mass is 10.3. The highest BCUT2D eigenvalue weighted by molar-refractivity contribution is 7.64. The molecular formula is C6H13O2P. The quantitative estimate of drug-likeness (QED) is 0.557. The topological polar surface area (TPSA) is 34.1 Å². The molecule has 0 aromatic heterocycles. The van der Waals surface area contributed by atoms with Gasteiger partial charge in [-0.25, -0.2) is 0 Å². The monoisotopic (exact) mass is 148 g/mol. The minimum absolute atomic E-state index is 0.0170. The lowest BCUT2D eigenvalue weighted by Gasteiger charge is -2.11. The van der Waals surface area contributed by atoms with Gasteiger partial charge in [-0.2, -0.15) is 0 Å². The van der Waals surface area contributed by atoms with Gasteiger partial charge in [0.25, 0.3) is 0 Å². The standard InChI is InChI=1S/C6H13O2P/c1-5(7)6(2)9(3,4)8/h6H,1-4H3. The van der Waals surface area contributed by atoms with Crippen LogP contribution in [-0.4, -0.2) is 24.8 Å². The van der Waals surface area contributed by atoms with E-state index in [1.165, 1.54) is 6.92 Å². The summed E-state index contributed by atoms with van der Waals surface area (Å²) in [6.45, 7) is 6.46. The zero-order valence-corrected chi connectivity index (χ0v) is 7.24. The van der Waals surface area contributed by atoms with E-state index in [1.807, 2.05) is 0 Å². The fourth-order valence-corrected chi connectivity index (χ4v) is 1.31. The fourth-order valence-electron chi connectivity index (χ4n) is 0.438. The smallest absolute Gasteiger partial charge is 0.139 e. The second-order valence-electron chi connectivity index (χ2n) is 2.72. The molecule has 0 saturated carbocycles. The summed E-state index contributed by atoms with van der Waals surface area (Å²) in [6.07, 6.45) is 0. The Bertz CT molecular complexity index is 156. The lowest BCUT2D eigenvalue weighted by Crippen LogP contribution is -2.12. The number of hydrogen-bond acceptors (Lipinski definition) is 2. The van der Waals surface area contributed by atoms with Crippen molar-refractivity contribution in [1.29, 1.82) is 0 Å². The third kappa shape index (κ3) is 2.81. The summed E-state index contributed by atoms with van der Waals surface area (Å²) < 4.78 is 11.1. The van der Waals surface area contributed by atoms with E-state index in [1.54, 1.807) is 20.3 Å². The largest absolute Gasteiger partial charge is 0.323 e. The van der Waals surface area contributed by atoms with Gasteiger partial charge in [-0.3, -0.25) is 4.79 Å². The van der Waals surface area contributed by atoms with Crippen LogP contribution >= 0.6 is 7.14 Å². The number of carbonyl (C=O) groups is 1. The predicted molar refractivity (Wildman–Crippen MR) is 39.6 cm³/mol. The molecular weight excluding hydrogens is 135 g/mol. The Morgan fingerprint density at radius 3 is 1.78 bits per heavy atom. The minimum Gasteiger partial charge on any atom is -0.323 e. The van der Waals surface area contributed by atoms with E-state index in [0.29, 0.717) is 0 Å². The van der Waals surface area contributed by atoms with Crippen molar-refractivity contribution in [3.8, 4) is 0 Å². The SMILES string of the molecule is CC(=O)C(C)P(C)(C)=O. The van der Waals surface area contributed by atoms with Crippen molar-refractivity contribution in [2.24, 2.45) is 0 Å². The van der Waals surface area contributed by atoms with E-state index < -0.39 is 7.14 Å². The summed E-state index contributed by atoms with van der Waals surface area (Å²) in [4.78, 5) is 10.6. The third-order valence-corrected chi connectivity index (χ3v) is 3.75. The number of ketones is 1. The van der Waals surface area contributed by atoms with Crippen molar-refractivity contribution in [2.45, 2.75) is 19.5 Å². The van der Waals surface area contributed by atoms with Gasteiger partial charge in [0.15, 0.2) is 0 Å². The van der Waals surface area contributed by atoms with Crippen LogP contribution in [0.25, 0.3) is 0 Å². The molecule has 0 aliphatic heterocycles. The van der Waals surface area contributed by atoms with Crippen molar-refractivity contribution >= 4 is 12.9 Å². The fraction of sp³-hybridized carbons (Fsp3) is 0.833. The number of hydrogen-bond donors (Lipinski definition) is 0. The average Bonchev–Trinajstić information content (AvgIpc) is 1.62. The van der Waals surface area contributed by atoms with Crippen LogP contribution in [0.2, 0.25) is 0 Å². The maximum atomic E-state index is 11.1. The van der Waals surface area contributed by atoms with E-state index in [9.17, 15) is 9.36 Å². The van der Waals surface area contributed by atoms with Gasteiger partial charge < -0.3 is 4.57 Å². The average molecular weight is 148 g/mol. The van der Waals surface area contributed by atoms with E-state index in [0.717, 1.165) is 0 Å². The maximum absolute atomic E-state index is 11.1. The summed E-state index contributed by atoms with van der Waals surface area (Å²) in [6, 6.07) is 0. The van der Waals surface area contributed by atoms with Crippen LogP contribution in [0, 0.1) is 0 Å². The zero-order chi connectivity index (χ0) is 7.65. The van der Waals surface area contributed by atoms with Crippen LogP contribution < -0.4 is 0 Å². The molecule has 0 aliphatic rings. The second kappa shape index (κ2) is 2.66. The first-order valence-corrected chi connectivity index (χ1v) is 5.58. The Hall–Kier alpha value is -0.100. The number of carbonyl (C=O) groups excluding carboxylic acids is 1. The summed E-state index contributed by atoms with van der Waals surface area (Å²) in [5, 5.41) is 0. The van der Waals surface area contributed by atoms with Crippen molar-refractivity contribution in [1.82, 2.24) is 0 Å². The number of Topliss-reactive ketones (excluding diaryl/α,β-unsaturated/α-hetero) is 1. The van der Waals surface area contributed by atoms with Gasteiger partial charge in [0.05, 0.1) is 12.8 Å². The molecule has 0 saturated heterocycles. The first kappa shape index (κ1) is 8.90. The van der Waals surface area contributed by atoms with Gasteiger partial charge in [0, 0.05) is 0 Å². The summed E-state index contributed by atoms with van der Waals surface area (Å²) >= 11 is 0. The minimum atomic E-state index is -2.16. The molecule has 0 aromatic carbocycles. The highest BCUT2D eigenvalue weighted by Gasteiger charge is 2.21. The van der Waals surface area contributed by atoms with Crippen LogP contribution in [0.1, 0.15) is 13.8 Å². The highest BCUT2D eigenvalue weighted by atomic mass is 31.2. The van der Waals surface area contributed by atoms with Crippen molar-refractivity contribution in [3.05, 3.63) is 0 Å². The van der Waals surface area contributed by atoms with Gasteiger partial charge in [-0.1, -0.05) is 0 Å². The molecule has 54 valence electrons. The molecule has 3 heteroatoms. The molecule has 0 aromatic rings. The molecule has 0 aliphatic carbocycles. The van der Waals surface area contributed by atoms with E-state index >= 15 is 0 Å². The first-order valence-electron chi connectivity index (χ1n) is 2.91. The Morgan fingerprint density at radius 2 is 1.78 bits per heavy atom. The summed E-state index contributed by atoms with van der Waals surface area (Å²) in [5.74, 6) is 0.0170. The molecule has 1 atom stereocenters. The molecule has 0 spiro atoms. The van der Waals surface area contributed by atoms with Crippen LogP contribution in [0.15, 0.2) is 0 Å². The normalized spacial score (nSPS) is 15.1. The molecule has 0 radical (unpaired) electrons. The lowest BCUT2D eigenvalue weighted by molar-refractivity contribution is -0.116. The van der Waals surface area contributed by atoms with Gasteiger partial charge in [-0.15, -0.1) is 0 Å². The van der Waals surface area contributed by atoms with Gasteiger partial charge in [0.1, 0.15) is 5.78 Å². The molecule has 2 nitrogen and oxygen atoms in total. The Kier molecular flexibility index (Phi) is 2.63. The molecule has 1 unspecified atom stereocenters. The van der Waals surface area contributed by atoms with Crippen LogP contribution in [0.5, 0.6) is 0 Å². The van der Waals surface area contributed by atoms with Gasteiger partial charge >= 0.3 is 0 Å². The highest BCUT2D eigenvalue weighted by Crippen LogP contribution is 2.42. The molecule has 0 heterocycles. The van der Waals surface area contributed by atoms with Crippen LogP contribution in [0.4, 0.5) is 0 Å². The summed E-state index contributed by atoms with van der Waals surface area (Å²) in [5.41, 5.74) is -0.266. The molecule has 0 amide bonds. The van der Waals surface area contributed by atoms with Crippen LogP contribution in [0.3, 0.4) is 0 Å². The third-order valence-electron chi connectivity index (χ3n) is 1.52. The Balaban J connectivity index is 4.23. The second-order valence-corrected chi connectivity index (χ2v) is 6.36. The predicted octanol–water partition coefficient (Wildman–Crippen LogP) is 1.59. The molecule has 0 fully saturated rings. The van der Waals surface area contributed by atoms with Crippen molar-refractivity contribution in [3.63, 3.8) is 0 Å². The Morgan fingerprint density at radius 1 is 1.44 bits per heavy atom. The van der Waals surface area contributed by atoms with Crippen LogP contribution in [-0.2, 0) is 9.36 Å². The molecule has 9 heavy (non-hydrogen) atoms. The van der Waals surface area contributed by atoms with Crippen molar-refractivity contribution < 1.29 is 9.36 Å². The van der Waals surface area contributed by atoms with E-state index in [2.05, 4.69) is 0 Å². The number of rotatable bonds is 2. The molecule has 0 bridgehead atoms. The van der Waals surface area contributed by atoms with E-state index in [-0.39, 0.29) is 11.4 Å². The first-order chi connectivity index (χ1) is 3.85. The van der Waals surface area contributed by atoms with Gasteiger partial charge in [-0.05, 0) is 27.2 Å². The summed E-state index contributed by atoms with van der Waals surface area (Å²) in [7, 11) is -2.16. The van der Waals surface area contributed by atoms with Crippen molar-refractivity contribution in [2.75, 3.05) is 13.3 Å². The van der Waals surface area contributed by atoms with E-state index in [4.69, 9.17) is 0 Å². The molecule has 0 N–H and O–H groups in total.